The molecule has 3 heterocycles. The molecule has 11 nitrogen and oxygen atoms in total. The molecule has 0 bridgehead atoms. The Morgan fingerprint density at radius 2 is 1.71 bits per heavy atom. The molecule has 0 unspecified atom stereocenters. The van der Waals surface area contributed by atoms with Crippen molar-refractivity contribution in [3.05, 3.63) is 77.9 Å². The summed E-state index contributed by atoms with van der Waals surface area (Å²) in [6.45, 7) is 8.75. The summed E-state index contributed by atoms with van der Waals surface area (Å²) < 4.78 is 15.4. The summed E-state index contributed by atoms with van der Waals surface area (Å²) in [4.78, 5) is 26.4. The first-order chi connectivity index (χ1) is 23.0. The van der Waals surface area contributed by atoms with Gasteiger partial charge in [-0.1, -0.05) is 48.7 Å². The molecule has 3 fully saturated rings. The van der Waals surface area contributed by atoms with Gasteiger partial charge in [0.05, 0.1) is 35.4 Å². The summed E-state index contributed by atoms with van der Waals surface area (Å²) in [7, 11) is 0. The standard InChI is InChI=1S/C37H44N6O5/c1-23(24-10-6-5-7-11-24)47-29-15-9-13-26(17-29)25-12-8-14-27(16-25)43-34(32(19-38-43)35(44)45)31-18-30(31)33-22-42(40-39-33)28-20-41(21-28)36(46)48-37(2,3)4/h8-9,12-17,19,22-24,28,30-31H,5-7,10-11,18,20-21H2,1-4H3,(H,44,45)/t23-,30+,31+/m0/s1. The van der Waals surface area contributed by atoms with Gasteiger partial charge in [-0.05, 0) is 88.3 Å². The highest BCUT2D eigenvalue weighted by Gasteiger charge is 2.46. The van der Waals surface area contributed by atoms with Crippen LogP contribution < -0.4 is 4.74 Å². The Labute approximate surface area is 280 Å². The largest absolute Gasteiger partial charge is 0.490 e. The van der Waals surface area contributed by atoms with Crippen molar-refractivity contribution < 1.29 is 24.2 Å². The molecular weight excluding hydrogens is 608 g/mol. The summed E-state index contributed by atoms with van der Waals surface area (Å²) in [6.07, 6.45) is 10.3. The smallest absolute Gasteiger partial charge is 0.410 e. The number of carboxylic acid groups (broad SMARTS) is 1. The van der Waals surface area contributed by atoms with Crippen molar-refractivity contribution in [2.45, 2.75) is 95.8 Å². The van der Waals surface area contributed by atoms with E-state index in [-0.39, 0.29) is 35.6 Å². The van der Waals surface area contributed by atoms with Crippen LogP contribution >= 0.6 is 0 Å². The normalized spacial score (nSPS) is 20.6. The van der Waals surface area contributed by atoms with E-state index in [1.54, 1.807) is 14.3 Å². The monoisotopic (exact) mass is 652 g/mol. The molecule has 252 valence electrons. The molecule has 1 N–H and O–H groups in total. The topological polar surface area (TPSA) is 125 Å². The van der Waals surface area contributed by atoms with Crippen molar-refractivity contribution in [1.29, 1.82) is 0 Å². The molecule has 1 saturated heterocycles. The zero-order valence-electron chi connectivity index (χ0n) is 28.1. The minimum Gasteiger partial charge on any atom is -0.490 e. The minimum absolute atomic E-state index is 0.0255. The zero-order chi connectivity index (χ0) is 33.6. The first kappa shape index (κ1) is 31.9. The van der Waals surface area contributed by atoms with Crippen LogP contribution in [0.25, 0.3) is 16.8 Å². The van der Waals surface area contributed by atoms with Gasteiger partial charge in [-0.2, -0.15) is 5.10 Å². The van der Waals surface area contributed by atoms with Gasteiger partial charge in [-0.3, -0.25) is 0 Å². The van der Waals surface area contributed by atoms with Gasteiger partial charge in [0.1, 0.15) is 16.9 Å². The van der Waals surface area contributed by atoms with E-state index >= 15 is 0 Å². The van der Waals surface area contributed by atoms with Crippen molar-refractivity contribution in [2.24, 2.45) is 5.92 Å². The number of carboxylic acids is 1. The van der Waals surface area contributed by atoms with Gasteiger partial charge in [-0.15, -0.1) is 5.10 Å². The maximum absolute atomic E-state index is 12.4. The number of aromatic carboxylic acids is 1. The highest BCUT2D eigenvalue weighted by atomic mass is 16.6. The molecule has 1 aliphatic heterocycles. The molecule has 4 aromatic rings. The van der Waals surface area contributed by atoms with Crippen LogP contribution in [-0.2, 0) is 4.74 Å². The lowest BCUT2D eigenvalue weighted by atomic mass is 9.86. The van der Waals surface area contributed by atoms with Gasteiger partial charge in [0.2, 0.25) is 0 Å². The molecule has 48 heavy (non-hydrogen) atoms. The predicted molar refractivity (Wildman–Crippen MR) is 180 cm³/mol. The maximum Gasteiger partial charge on any atom is 0.410 e. The van der Waals surface area contributed by atoms with Gasteiger partial charge in [0.15, 0.2) is 0 Å². The molecule has 3 atom stereocenters. The number of hydrogen-bond acceptors (Lipinski definition) is 7. The maximum atomic E-state index is 12.4. The third-order valence-corrected chi connectivity index (χ3v) is 9.87. The second-order valence-electron chi connectivity index (χ2n) is 14.6. The summed E-state index contributed by atoms with van der Waals surface area (Å²) in [5, 5.41) is 23.5. The van der Waals surface area contributed by atoms with Crippen LogP contribution in [0.15, 0.2) is 60.9 Å². The van der Waals surface area contributed by atoms with Crippen molar-refractivity contribution in [3.8, 4) is 22.6 Å². The van der Waals surface area contributed by atoms with E-state index in [4.69, 9.17) is 9.47 Å². The van der Waals surface area contributed by atoms with E-state index in [2.05, 4.69) is 40.5 Å². The molecular formula is C37H44N6O5. The zero-order valence-corrected chi connectivity index (χ0v) is 28.1. The average Bonchev–Trinajstić information content (AvgIpc) is 3.44. The van der Waals surface area contributed by atoms with Crippen molar-refractivity contribution in [2.75, 3.05) is 13.1 Å². The second kappa shape index (κ2) is 12.7. The highest BCUT2D eigenvalue weighted by Crippen LogP contribution is 2.55. The Morgan fingerprint density at radius 1 is 0.979 bits per heavy atom. The van der Waals surface area contributed by atoms with Crippen LogP contribution in [0.5, 0.6) is 5.75 Å². The number of benzene rings is 2. The van der Waals surface area contributed by atoms with E-state index in [0.717, 1.165) is 34.7 Å². The van der Waals surface area contributed by atoms with Crippen LogP contribution in [0.1, 0.15) is 106 Å². The van der Waals surface area contributed by atoms with E-state index in [1.807, 2.05) is 57.3 Å². The van der Waals surface area contributed by atoms with E-state index in [1.165, 1.54) is 38.3 Å². The van der Waals surface area contributed by atoms with Crippen LogP contribution in [0, 0.1) is 5.92 Å². The van der Waals surface area contributed by atoms with Crippen LogP contribution in [0.2, 0.25) is 0 Å². The van der Waals surface area contributed by atoms with Crippen LogP contribution in [-0.4, -0.2) is 71.6 Å². The lowest BCUT2D eigenvalue weighted by Gasteiger charge is -2.39. The van der Waals surface area contributed by atoms with E-state index in [0.29, 0.717) is 24.7 Å². The molecule has 2 aromatic heterocycles. The van der Waals surface area contributed by atoms with Crippen molar-refractivity contribution >= 4 is 12.1 Å². The van der Waals surface area contributed by atoms with Gasteiger partial charge >= 0.3 is 12.1 Å². The molecule has 1 amide bonds. The highest BCUT2D eigenvalue weighted by molar-refractivity contribution is 5.89. The Bertz CT molecular complexity index is 1800. The SMILES string of the molecule is C[C@H](Oc1cccc(-c2cccc(-n3ncc(C(=O)O)c3[C@@H]3C[C@H]3c3cn(C4CN(C(=O)OC(C)(C)C)C4)nn3)c2)c1)C1CCCCC1. The summed E-state index contributed by atoms with van der Waals surface area (Å²) in [5.41, 5.74) is 3.95. The number of carbonyl (C=O) groups excluding carboxylic acids is 1. The lowest BCUT2D eigenvalue weighted by molar-refractivity contribution is -0.000633. The summed E-state index contributed by atoms with van der Waals surface area (Å²) >= 11 is 0. The van der Waals surface area contributed by atoms with E-state index in [9.17, 15) is 14.7 Å². The third-order valence-electron chi connectivity index (χ3n) is 9.87. The molecule has 3 aliphatic rings. The van der Waals surface area contributed by atoms with Gasteiger partial charge < -0.3 is 19.5 Å². The fourth-order valence-electron chi connectivity index (χ4n) is 7.13. The Morgan fingerprint density at radius 3 is 2.44 bits per heavy atom. The summed E-state index contributed by atoms with van der Waals surface area (Å²) in [5.74, 6) is 0.408. The first-order valence-electron chi connectivity index (χ1n) is 17.1. The third kappa shape index (κ3) is 6.68. The molecule has 11 heteroatoms. The van der Waals surface area contributed by atoms with Gasteiger partial charge in [0, 0.05) is 31.1 Å². The Kier molecular flexibility index (Phi) is 8.47. The average molecular weight is 653 g/mol. The number of ether oxygens (including phenoxy) is 2. The molecule has 7 rings (SSSR count). The van der Waals surface area contributed by atoms with Crippen LogP contribution in [0.3, 0.4) is 0 Å². The molecule has 0 radical (unpaired) electrons. The second-order valence-corrected chi connectivity index (χ2v) is 14.6. The van der Waals surface area contributed by atoms with Crippen molar-refractivity contribution in [3.63, 3.8) is 0 Å². The number of hydrogen-bond donors (Lipinski definition) is 1. The fourth-order valence-corrected chi connectivity index (χ4v) is 7.13. The van der Waals surface area contributed by atoms with Gasteiger partial charge in [0.25, 0.3) is 0 Å². The quantitative estimate of drug-likeness (QED) is 0.201. The van der Waals surface area contributed by atoms with Crippen LogP contribution in [0.4, 0.5) is 4.79 Å². The lowest BCUT2D eigenvalue weighted by Crippen LogP contribution is -2.52. The van der Waals surface area contributed by atoms with Crippen molar-refractivity contribution in [1.82, 2.24) is 29.7 Å². The number of likely N-dealkylation sites (tertiary alicyclic amines) is 1. The Hall–Kier alpha value is -4.67. The molecule has 2 aliphatic carbocycles. The molecule has 2 aromatic carbocycles. The summed E-state index contributed by atoms with van der Waals surface area (Å²) in [6, 6.07) is 16.2. The number of nitrogens with zero attached hydrogens (tertiary/aromatic N) is 6. The molecule has 2 saturated carbocycles. The number of rotatable bonds is 9. The predicted octanol–water partition coefficient (Wildman–Crippen LogP) is 7.24. The molecule has 0 spiro atoms. The minimum atomic E-state index is -1.00. The number of amides is 1. The van der Waals surface area contributed by atoms with E-state index < -0.39 is 11.6 Å². The first-order valence-corrected chi connectivity index (χ1v) is 17.1. The number of carbonyl (C=O) groups is 2. The Balaban J connectivity index is 1.07. The fraction of sp³-hybridized carbons (Fsp3) is 0.486. The van der Waals surface area contributed by atoms with Gasteiger partial charge in [-0.25, -0.2) is 19.0 Å². The number of aromatic nitrogens is 5.